The summed E-state index contributed by atoms with van der Waals surface area (Å²) in [6, 6.07) is 8.83. The van der Waals surface area contributed by atoms with Crippen molar-refractivity contribution in [1.29, 1.82) is 0 Å². The van der Waals surface area contributed by atoms with E-state index in [1.54, 1.807) is 0 Å². The number of para-hydroxylation sites is 1. The fourth-order valence-electron chi connectivity index (χ4n) is 2.60. The predicted molar refractivity (Wildman–Crippen MR) is 87.5 cm³/mol. The summed E-state index contributed by atoms with van der Waals surface area (Å²) in [5, 5.41) is 3.55. The Labute approximate surface area is 122 Å². The van der Waals surface area contributed by atoms with Gasteiger partial charge in [-0.3, -0.25) is 0 Å². The summed E-state index contributed by atoms with van der Waals surface area (Å²) in [6.45, 7) is 6.94. The fraction of sp³-hybridized carbons (Fsp3) is 0.625. The summed E-state index contributed by atoms with van der Waals surface area (Å²) in [7, 11) is 0. The van der Waals surface area contributed by atoms with Gasteiger partial charge in [0.25, 0.3) is 0 Å². The maximum Gasteiger partial charge on any atom is 0.0399 e. The third-order valence-electron chi connectivity index (χ3n) is 3.61. The van der Waals surface area contributed by atoms with Crippen LogP contribution < -0.4 is 10.2 Å². The van der Waals surface area contributed by atoms with Crippen molar-refractivity contribution in [1.82, 2.24) is 5.32 Å². The van der Waals surface area contributed by atoms with Crippen molar-refractivity contribution in [2.45, 2.75) is 26.2 Å². The second kappa shape index (κ2) is 8.49. The van der Waals surface area contributed by atoms with E-state index in [1.807, 2.05) is 11.8 Å². The van der Waals surface area contributed by atoms with E-state index in [2.05, 4.69) is 41.4 Å². The van der Waals surface area contributed by atoms with Crippen LogP contribution in [-0.2, 0) is 6.42 Å². The van der Waals surface area contributed by atoms with E-state index >= 15 is 0 Å². The zero-order valence-electron chi connectivity index (χ0n) is 12.0. The first-order valence-corrected chi connectivity index (χ1v) is 8.68. The Balaban J connectivity index is 1.55. The van der Waals surface area contributed by atoms with Gasteiger partial charge >= 0.3 is 0 Å². The lowest BCUT2D eigenvalue weighted by Gasteiger charge is -2.19. The number of rotatable bonds is 9. The van der Waals surface area contributed by atoms with Gasteiger partial charge in [-0.2, -0.15) is 11.8 Å². The van der Waals surface area contributed by atoms with E-state index in [1.165, 1.54) is 61.7 Å². The topological polar surface area (TPSA) is 15.3 Å². The second-order valence-electron chi connectivity index (χ2n) is 5.02. The summed E-state index contributed by atoms with van der Waals surface area (Å²) < 4.78 is 0. The van der Waals surface area contributed by atoms with E-state index in [-0.39, 0.29) is 0 Å². The normalized spacial score (nSPS) is 13.8. The smallest absolute Gasteiger partial charge is 0.0399 e. The highest BCUT2D eigenvalue weighted by atomic mass is 32.2. The molecular formula is C16H26N2S. The molecule has 1 N–H and O–H groups in total. The SMILES string of the molecule is CCSCCCNCCCN1CCc2ccccc21. The van der Waals surface area contributed by atoms with Gasteiger partial charge in [0.05, 0.1) is 0 Å². The zero-order valence-corrected chi connectivity index (χ0v) is 12.8. The largest absolute Gasteiger partial charge is 0.371 e. The molecule has 3 heteroatoms. The molecule has 1 aromatic carbocycles. The fourth-order valence-corrected chi connectivity index (χ4v) is 3.24. The molecule has 1 aromatic rings. The third-order valence-corrected chi connectivity index (χ3v) is 4.60. The Hall–Kier alpha value is -0.670. The first-order chi connectivity index (χ1) is 9.42. The highest BCUT2D eigenvalue weighted by molar-refractivity contribution is 7.99. The van der Waals surface area contributed by atoms with Gasteiger partial charge in [0, 0.05) is 18.8 Å². The van der Waals surface area contributed by atoms with Crippen molar-refractivity contribution in [3.05, 3.63) is 29.8 Å². The quantitative estimate of drug-likeness (QED) is 0.699. The van der Waals surface area contributed by atoms with Crippen LogP contribution in [0.15, 0.2) is 24.3 Å². The Morgan fingerprint density at radius 1 is 1.21 bits per heavy atom. The minimum atomic E-state index is 1.15. The molecule has 0 bridgehead atoms. The highest BCUT2D eigenvalue weighted by Gasteiger charge is 2.16. The molecule has 0 radical (unpaired) electrons. The number of thioether (sulfide) groups is 1. The lowest BCUT2D eigenvalue weighted by Crippen LogP contribution is -2.26. The maximum absolute atomic E-state index is 3.55. The van der Waals surface area contributed by atoms with Gasteiger partial charge in [0.15, 0.2) is 0 Å². The molecule has 1 aliphatic heterocycles. The van der Waals surface area contributed by atoms with Crippen LogP contribution in [0.2, 0.25) is 0 Å². The van der Waals surface area contributed by atoms with Gasteiger partial charge in [0.2, 0.25) is 0 Å². The van der Waals surface area contributed by atoms with E-state index < -0.39 is 0 Å². The standard InChI is InChI=1S/C16H26N2S/c1-2-19-14-6-11-17-10-5-12-18-13-9-15-7-3-4-8-16(15)18/h3-4,7-8,17H,2,5-6,9-14H2,1H3. The predicted octanol–water partition coefficient (Wildman–Crippen LogP) is 3.17. The minimum absolute atomic E-state index is 1.15. The van der Waals surface area contributed by atoms with Gasteiger partial charge < -0.3 is 10.2 Å². The zero-order chi connectivity index (χ0) is 13.3. The Morgan fingerprint density at radius 3 is 2.95 bits per heavy atom. The van der Waals surface area contributed by atoms with Gasteiger partial charge in [-0.05, 0) is 55.5 Å². The average Bonchev–Trinajstić information content (AvgIpc) is 2.85. The Morgan fingerprint density at radius 2 is 2.05 bits per heavy atom. The number of fused-ring (bicyclic) bond motifs is 1. The highest BCUT2D eigenvalue weighted by Crippen LogP contribution is 2.27. The van der Waals surface area contributed by atoms with Crippen LogP contribution in [0, 0.1) is 0 Å². The minimum Gasteiger partial charge on any atom is -0.371 e. The van der Waals surface area contributed by atoms with Crippen LogP contribution >= 0.6 is 11.8 Å². The van der Waals surface area contributed by atoms with Crippen molar-refractivity contribution in [2.24, 2.45) is 0 Å². The van der Waals surface area contributed by atoms with Crippen molar-refractivity contribution in [3.8, 4) is 0 Å². The molecule has 2 nitrogen and oxygen atoms in total. The third kappa shape index (κ3) is 4.73. The molecule has 2 rings (SSSR count). The van der Waals surface area contributed by atoms with Crippen molar-refractivity contribution >= 4 is 17.4 Å². The lowest BCUT2D eigenvalue weighted by molar-refractivity contribution is 0.633. The molecule has 0 unspecified atom stereocenters. The van der Waals surface area contributed by atoms with Crippen LogP contribution in [0.25, 0.3) is 0 Å². The number of hydrogen-bond acceptors (Lipinski definition) is 3. The molecule has 106 valence electrons. The van der Waals surface area contributed by atoms with E-state index in [0.717, 1.165) is 6.54 Å². The van der Waals surface area contributed by atoms with E-state index in [9.17, 15) is 0 Å². The molecule has 0 atom stereocenters. The number of anilines is 1. The van der Waals surface area contributed by atoms with Gasteiger partial charge in [-0.1, -0.05) is 25.1 Å². The van der Waals surface area contributed by atoms with Crippen molar-refractivity contribution < 1.29 is 0 Å². The van der Waals surface area contributed by atoms with Crippen molar-refractivity contribution in [2.75, 3.05) is 42.6 Å². The molecular weight excluding hydrogens is 252 g/mol. The van der Waals surface area contributed by atoms with E-state index in [4.69, 9.17) is 0 Å². The first kappa shape index (κ1) is 14.7. The first-order valence-electron chi connectivity index (χ1n) is 7.53. The molecule has 0 aromatic heterocycles. The van der Waals surface area contributed by atoms with Gasteiger partial charge in [-0.25, -0.2) is 0 Å². The summed E-state index contributed by atoms with van der Waals surface area (Å²) >= 11 is 2.04. The summed E-state index contributed by atoms with van der Waals surface area (Å²) in [6.07, 6.45) is 3.76. The Bertz CT molecular complexity index is 368. The molecule has 0 aliphatic carbocycles. The molecule has 19 heavy (non-hydrogen) atoms. The molecule has 1 aliphatic rings. The molecule has 0 saturated heterocycles. The number of nitrogens with zero attached hydrogens (tertiary/aromatic N) is 1. The maximum atomic E-state index is 3.55. The van der Waals surface area contributed by atoms with Gasteiger partial charge in [0.1, 0.15) is 0 Å². The van der Waals surface area contributed by atoms with Crippen molar-refractivity contribution in [3.63, 3.8) is 0 Å². The summed E-state index contributed by atoms with van der Waals surface area (Å²) in [5.74, 6) is 2.54. The van der Waals surface area contributed by atoms with Crippen LogP contribution in [0.4, 0.5) is 5.69 Å². The molecule has 0 fully saturated rings. The van der Waals surface area contributed by atoms with Gasteiger partial charge in [-0.15, -0.1) is 0 Å². The van der Waals surface area contributed by atoms with Crippen LogP contribution in [0.3, 0.4) is 0 Å². The molecule has 0 spiro atoms. The molecule has 1 heterocycles. The lowest BCUT2D eigenvalue weighted by atomic mass is 10.2. The number of hydrogen-bond donors (Lipinski definition) is 1. The molecule has 0 amide bonds. The van der Waals surface area contributed by atoms with Crippen LogP contribution in [0.1, 0.15) is 25.3 Å². The summed E-state index contributed by atoms with van der Waals surface area (Å²) in [4.78, 5) is 2.53. The van der Waals surface area contributed by atoms with E-state index in [0.29, 0.717) is 0 Å². The second-order valence-corrected chi connectivity index (χ2v) is 6.41. The van der Waals surface area contributed by atoms with Crippen LogP contribution in [-0.4, -0.2) is 37.7 Å². The monoisotopic (exact) mass is 278 g/mol. The molecule has 0 saturated carbocycles. The number of benzene rings is 1. The van der Waals surface area contributed by atoms with Crippen LogP contribution in [0.5, 0.6) is 0 Å². The number of nitrogens with one attached hydrogen (secondary N) is 1. The summed E-state index contributed by atoms with van der Waals surface area (Å²) in [5.41, 5.74) is 2.98. The average molecular weight is 278 g/mol. The Kier molecular flexibility index (Phi) is 6.58.